The number of urea groups is 1. The van der Waals surface area contributed by atoms with Crippen molar-refractivity contribution in [1.29, 1.82) is 0 Å². The Balaban J connectivity index is 1.58. The third-order valence-electron chi connectivity index (χ3n) is 3.93. The van der Waals surface area contributed by atoms with Crippen LogP contribution in [0.15, 0.2) is 36.5 Å². The molecule has 1 N–H and O–H groups in total. The molecule has 0 radical (unpaired) electrons. The van der Waals surface area contributed by atoms with E-state index < -0.39 is 11.6 Å². The van der Waals surface area contributed by atoms with Crippen LogP contribution in [0.4, 0.5) is 25.1 Å². The van der Waals surface area contributed by atoms with E-state index in [1.807, 2.05) is 17.9 Å². The van der Waals surface area contributed by atoms with E-state index in [9.17, 15) is 13.6 Å². The maximum atomic E-state index is 13.3. The van der Waals surface area contributed by atoms with Gasteiger partial charge < -0.3 is 9.80 Å². The Kier molecular flexibility index (Phi) is 4.59. The number of anilines is 2. The summed E-state index contributed by atoms with van der Waals surface area (Å²) in [4.78, 5) is 19.9. The van der Waals surface area contributed by atoms with Gasteiger partial charge in [-0.05, 0) is 30.7 Å². The molecule has 3 rings (SSSR count). The van der Waals surface area contributed by atoms with Crippen molar-refractivity contribution in [2.45, 2.75) is 6.92 Å². The Bertz CT molecular complexity index is 708. The molecule has 1 aliphatic rings. The average molecular weight is 332 g/mol. The lowest BCUT2D eigenvalue weighted by Gasteiger charge is -2.36. The number of hydrogen-bond donors (Lipinski definition) is 1. The highest BCUT2D eigenvalue weighted by atomic mass is 19.1. The minimum Gasteiger partial charge on any atom is -0.368 e. The monoisotopic (exact) mass is 332 g/mol. The lowest BCUT2D eigenvalue weighted by molar-refractivity contribution is 0.208. The summed E-state index contributed by atoms with van der Waals surface area (Å²) >= 11 is 0. The van der Waals surface area contributed by atoms with Gasteiger partial charge in [-0.25, -0.2) is 18.6 Å². The zero-order chi connectivity index (χ0) is 17.1. The predicted molar refractivity (Wildman–Crippen MR) is 88.1 cm³/mol. The van der Waals surface area contributed by atoms with Crippen LogP contribution < -0.4 is 10.2 Å². The first-order chi connectivity index (χ1) is 11.5. The minimum atomic E-state index is -0.601. The number of benzene rings is 1. The fraction of sp³-hybridized carbons (Fsp3) is 0.294. The summed E-state index contributed by atoms with van der Waals surface area (Å²) in [7, 11) is 0. The van der Waals surface area contributed by atoms with Gasteiger partial charge in [0, 0.05) is 44.1 Å². The first-order valence-electron chi connectivity index (χ1n) is 7.71. The van der Waals surface area contributed by atoms with E-state index in [0.29, 0.717) is 37.7 Å². The molecule has 24 heavy (non-hydrogen) atoms. The molecule has 1 aliphatic heterocycles. The van der Waals surface area contributed by atoms with Crippen LogP contribution in [-0.4, -0.2) is 42.1 Å². The van der Waals surface area contributed by atoms with Gasteiger partial charge in [0.25, 0.3) is 0 Å². The second-order valence-corrected chi connectivity index (χ2v) is 5.75. The second kappa shape index (κ2) is 6.82. The number of nitrogens with zero attached hydrogens (tertiary/aromatic N) is 3. The molecule has 1 fully saturated rings. The van der Waals surface area contributed by atoms with Gasteiger partial charge in [0.2, 0.25) is 0 Å². The van der Waals surface area contributed by atoms with Crippen LogP contribution in [0.2, 0.25) is 0 Å². The third kappa shape index (κ3) is 3.79. The number of halogens is 2. The zero-order valence-corrected chi connectivity index (χ0v) is 13.3. The first-order valence-corrected chi connectivity index (χ1v) is 7.71. The van der Waals surface area contributed by atoms with Crippen LogP contribution >= 0.6 is 0 Å². The Morgan fingerprint density at radius 2 is 1.75 bits per heavy atom. The lowest BCUT2D eigenvalue weighted by Crippen LogP contribution is -2.50. The summed E-state index contributed by atoms with van der Waals surface area (Å²) < 4.78 is 26.6. The highest BCUT2D eigenvalue weighted by Crippen LogP contribution is 2.20. The number of carbonyl (C=O) groups is 1. The Morgan fingerprint density at radius 1 is 1.08 bits per heavy atom. The van der Waals surface area contributed by atoms with Crippen LogP contribution in [0.3, 0.4) is 0 Å². The fourth-order valence-corrected chi connectivity index (χ4v) is 2.62. The van der Waals surface area contributed by atoms with E-state index in [0.717, 1.165) is 11.6 Å². The van der Waals surface area contributed by atoms with Crippen LogP contribution in [-0.2, 0) is 0 Å². The van der Waals surface area contributed by atoms with Crippen LogP contribution in [0.25, 0.3) is 0 Å². The molecule has 0 saturated carbocycles. The highest BCUT2D eigenvalue weighted by Gasteiger charge is 2.22. The third-order valence-corrected chi connectivity index (χ3v) is 3.93. The summed E-state index contributed by atoms with van der Waals surface area (Å²) in [6, 6.07) is 6.85. The van der Waals surface area contributed by atoms with Crippen molar-refractivity contribution in [3.8, 4) is 0 Å². The Morgan fingerprint density at radius 3 is 2.33 bits per heavy atom. The quantitative estimate of drug-likeness (QED) is 0.920. The zero-order valence-electron chi connectivity index (χ0n) is 13.3. The van der Waals surface area contributed by atoms with E-state index in [4.69, 9.17) is 0 Å². The van der Waals surface area contributed by atoms with Gasteiger partial charge in [-0.2, -0.15) is 0 Å². The van der Waals surface area contributed by atoms with Crippen LogP contribution in [0.1, 0.15) is 5.56 Å². The van der Waals surface area contributed by atoms with Gasteiger partial charge in [-0.1, -0.05) is 6.07 Å². The van der Waals surface area contributed by atoms with Crippen molar-refractivity contribution in [1.82, 2.24) is 9.88 Å². The molecule has 1 saturated heterocycles. The van der Waals surface area contributed by atoms with E-state index in [1.54, 1.807) is 17.2 Å². The number of amides is 2. The molecule has 2 amide bonds. The summed E-state index contributed by atoms with van der Waals surface area (Å²) in [5.41, 5.74) is 1.51. The molecule has 2 aromatic rings. The normalized spacial score (nSPS) is 14.6. The number of aryl methyl sites for hydroxylation is 1. The predicted octanol–water partition coefficient (Wildman–Crippen LogP) is 3.02. The van der Waals surface area contributed by atoms with E-state index in [2.05, 4.69) is 10.3 Å². The molecule has 7 heteroatoms. The van der Waals surface area contributed by atoms with Gasteiger partial charge in [0.05, 0.1) is 0 Å². The molecule has 0 bridgehead atoms. The Hall–Kier alpha value is -2.70. The molecular weight excluding hydrogens is 314 g/mol. The van der Waals surface area contributed by atoms with Crippen molar-refractivity contribution in [2.75, 3.05) is 36.4 Å². The SMILES string of the molecule is Cc1ccc(NC(=O)N2CCN(c3cc(F)cc(F)c3)CC2)nc1. The number of rotatable bonds is 2. The molecule has 126 valence electrons. The second-order valence-electron chi connectivity index (χ2n) is 5.75. The number of hydrogen-bond acceptors (Lipinski definition) is 3. The molecule has 1 aromatic carbocycles. The van der Waals surface area contributed by atoms with Gasteiger partial charge in [-0.3, -0.25) is 5.32 Å². The van der Waals surface area contributed by atoms with Gasteiger partial charge >= 0.3 is 6.03 Å². The van der Waals surface area contributed by atoms with Crippen molar-refractivity contribution < 1.29 is 13.6 Å². The van der Waals surface area contributed by atoms with Gasteiger partial charge in [0.1, 0.15) is 17.5 Å². The average Bonchev–Trinajstić information content (AvgIpc) is 2.56. The topological polar surface area (TPSA) is 48.5 Å². The van der Waals surface area contributed by atoms with Crippen molar-refractivity contribution in [3.63, 3.8) is 0 Å². The molecule has 1 aromatic heterocycles. The fourth-order valence-electron chi connectivity index (χ4n) is 2.62. The van der Waals surface area contributed by atoms with Crippen molar-refractivity contribution in [2.24, 2.45) is 0 Å². The first kappa shape index (κ1) is 16.2. The molecule has 2 heterocycles. The number of piperazine rings is 1. The minimum absolute atomic E-state index is 0.226. The van der Waals surface area contributed by atoms with E-state index in [-0.39, 0.29) is 6.03 Å². The van der Waals surface area contributed by atoms with Gasteiger partial charge in [0.15, 0.2) is 0 Å². The molecule has 0 atom stereocenters. The summed E-state index contributed by atoms with van der Waals surface area (Å²) in [6.45, 7) is 3.88. The molecule has 0 spiro atoms. The van der Waals surface area contributed by atoms with Crippen LogP contribution in [0, 0.1) is 18.6 Å². The summed E-state index contributed by atoms with van der Waals surface area (Å²) in [5.74, 6) is -0.702. The number of carbonyl (C=O) groups excluding carboxylic acids is 1. The van der Waals surface area contributed by atoms with E-state index in [1.165, 1.54) is 12.1 Å². The molecule has 0 unspecified atom stereocenters. The van der Waals surface area contributed by atoms with Crippen molar-refractivity contribution in [3.05, 3.63) is 53.7 Å². The number of nitrogens with one attached hydrogen (secondary N) is 1. The summed E-state index contributed by atoms with van der Waals surface area (Å²) in [6.07, 6.45) is 1.69. The smallest absolute Gasteiger partial charge is 0.323 e. The standard InChI is InChI=1S/C17H18F2N4O/c1-12-2-3-16(20-11-12)21-17(24)23-6-4-22(5-7-23)15-9-13(18)8-14(19)10-15/h2-3,8-11H,4-7H2,1H3,(H,20,21,24). The van der Waals surface area contributed by atoms with Crippen LogP contribution in [0.5, 0.6) is 0 Å². The largest absolute Gasteiger partial charge is 0.368 e. The van der Waals surface area contributed by atoms with Gasteiger partial charge in [-0.15, -0.1) is 0 Å². The number of pyridine rings is 1. The number of aromatic nitrogens is 1. The molecule has 0 aliphatic carbocycles. The maximum absolute atomic E-state index is 13.3. The molecular formula is C17H18F2N4O. The summed E-state index contributed by atoms with van der Waals surface area (Å²) in [5, 5.41) is 2.75. The highest BCUT2D eigenvalue weighted by molar-refractivity contribution is 5.88. The maximum Gasteiger partial charge on any atom is 0.323 e. The van der Waals surface area contributed by atoms with Crippen molar-refractivity contribution >= 4 is 17.5 Å². The van der Waals surface area contributed by atoms with E-state index >= 15 is 0 Å². The molecule has 5 nitrogen and oxygen atoms in total. The Labute approximate surface area is 138 Å². The lowest BCUT2D eigenvalue weighted by atomic mass is 10.2.